The van der Waals surface area contributed by atoms with Crippen LogP contribution in [0.1, 0.15) is 25.3 Å². The van der Waals surface area contributed by atoms with Gasteiger partial charge in [-0.3, -0.25) is 10.1 Å². The van der Waals surface area contributed by atoms with Crippen LogP contribution in [0.2, 0.25) is 0 Å². The smallest absolute Gasteiger partial charge is 0.347 e. The first-order valence-corrected chi connectivity index (χ1v) is 7.23. The number of benzene rings is 1. The second-order valence-electron chi connectivity index (χ2n) is 5.43. The molecule has 122 valence electrons. The molecule has 8 heteroatoms. The Kier molecular flexibility index (Phi) is 3.67. The molecule has 1 saturated heterocycles. The van der Waals surface area contributed by atoms with Crippen LogP contribution in [0, 0.1) is 5.82 Å². The minimum Gasteiger partial charge on any atom is -0.478 e. The van der Waals surface area contributed by atoms with Gasteiger partial charge in [-0.1, -0.05) is 6.92 Å². The maximum atomic E-state index is 13.6. The Morgan fingerprint density at radius 2 is 2.26 bits per heavy atom. The summed E-state index contributed by atoms with van der Waals surface area (Å²) in [6.45, 7) is 2.07. The van der Waals surface area contributed by atoms with Gasteiger partial charge in [0.1, 0.15) is 11.6 Å². The standard InChI is InChI=1S/C15H15FN2O5/c1-2-5-22-12(19)11-7-15(13(20)17-14(21)18-15)9-6-8(16)3-4-10(9)23-11/h3-4,6,11H,2,5,7H2,1H3,(H2,17,18,20,21)/t11?,15-/m0/s1. The maximum Gasteiger partial charge on any atom is 0.347 e. The summed E-state index contributed by atoms with van der Waals surface area (Å²) in [5, 5.41) is 4.61. The lowest BCUT2D eigenvalue weighted by Crippen LogP contribution is -2.52. The molecule has 1 unspecified atom stereocenters. The van der Waals surface area contributed by atoms with Gasteiger partial charge in [0.05, 0.1) is 6.61 Å². The van der Waals surface area contributed by atoms with Crippen molar-refractivity contribution in [1.82, 2.24) is 10.6 Å². The van der Waals surface area contributed by atoms with Crippen LogP contribution < -0.4 is 15.4 Å². The number of fused-ring (bicyclic) bond motifs is 2. The Hall–Kier alpha value is -2.64. The lowest BCUT2D eigenvalue weighted by atomic mass is 9.81. The Morgan fingerprint density at radius 3 is 2.91 bits per heavy atom. The van der Waals surface area contributed by atoms with E-state index in [9.17, 15) is 18.8 Å². The lowest BCUT2D eigenvalue weighted by molar-refractivity contribution is -0.154. The van der Waals surface area contributed by atoms with Crippen molar-refractivity contribution in [2.24, 2.45) is 0 Å². The second-order valence-corrected chi connectivity index (χ2v) is 5.43. The third-order valence-electron chi connectivity index (χ3n) is 3.82. The van der Waals surface area contributed by atoms with Crippen LogP contribution in [0.5, 0.6) is 5.75 Å². The van der Waals surface area contributed by atoms with E-state index in [1.807, 2.05) is 6.92 Å². The molecule has 3 rings (SSSR count). The van der Waals surface area contributed by atoms with Crippen molar-refractivity contribution >= 4 is 17.9 Å². The van der Waals surface area contributed by atoms with Gasteiger partial charge in [-0.15, -0.1) is 0 Å². The monoisotopic (exact) mass is 322 g/mol. The number of carbonyl (C=O) groups is 3. The molecule has 0 aliphatic carbocycles. The number of urea groups is 1. The molecule has 3 amide bonds. The number of carbonyl (C=O) groups excluding carboxylic acids is 3. The van der Waals surface area contributed by atoms with Crippen molar-refractivity contribution in [2.75, 3.05) is 6.61 Å². The normalized spacial score (nSPS) is 25.4. The topological polar surface area (TPSA) is 93.7 Å². The zero-order chi connectivity index (χ0) is 16.6. The van der Waals surface area contributed by atoms with Crippen LogP contribution in [-0.2, 0) is 19.9 Å². The predicted molar refractivity (Wildman–Crippen MR) is 75.0 cm³/mol. The molecule has 2 atom stereocenters. The van der Waals surface area contributed by atoms with E-state index >= 15 is 0 Å². The maximum absolute atomic E-state index is 13.6. The number of ether oxygens (including phenoxy) is 2. The molecule has 0 radical (unpaired) electrons. The Morgan fingerprint density at radius 1 is 1.48 bits per heavy atom. The highest BCUT2D eigenvalue weighted by molar-refractivity contribution is 6.08. The molecule has 1 spiro atoms. The SMILES string of the molecule is CCCOC(=O)C1C[C@]2(NC(=O)NC2=O)c2cc(F)ccc2O1. The Labute approximate surface area is 131 Å². The van der Waals surface area contributed by atoms with E-state index in [1.165, 1.54) is 6.07 Å². The van der Waals surface area contributed by atoms with Crippen molar-refractivity contribution < 1.29 is 28.2 Å². The van der Waals surface area contributed by atoms with Crippen LogP contribution in [-0.4, -0.2) is 30.6 Å². The zero-order valence-electron chi connectivity index (χ0n) is 12.3. The summed E-state index contributed by atoms with van der Waals surface area (Å²) in [7, 11) is 0. The average molecular weight is 322 g/mol. The van der Waals surface area contributed by atoms with E-state index < -0.39 is 35.4 Å². The number of rotatable bonds is 3. The molecule has 0 bridgehead atoms. The van der Waals surface area contributed by atoms with Gasteiger partial charge in [0, 0.05) is 12.0 Å². The van der Waals surface area contributed by atoms with Gasteiger partial charge in [-0.25, -0.2) is 14.0 Å². The number of hydrogen-bond donors (Lipinski definition) is 2. The third-order valence-corrected chi connectivity index (χ3v) is 3.82. The number of amides is 3. The highest BCUT2D eigenvalue weighted by atomic mass is 19.1. The molecular formula is C15H15FN2O5. The molecule has 1 fully saturated rings. The van der Waals surface area contributed by atoms with Gasteiger partial charge in [0.2, 0.25) is 0 Å². The Balaban J connectivity index is 2.01. The van der Waals surface area contributed by atoms with Crippen molar-refractivity contribution in [3.8, 4) is 5.75 Å². The van der Waals surface area contributed by atoms with E-state index in [-0.39, 0.29) is 24.3 Å². The first-order valence-electron chi connectivity index (χ1n) is 7.23. The van der Waals surface area contributed by atoms with Gasteiger partial charge in [0.25, 0.3) is 5.91 Å². The van der Waals surface area contributed by atoms with Gasteiger partial charge < -0.3 is 14.8 Å². The number of esters is 1. The summed E-state index contributed by atoms with van der Waals surface area (Å²) in [6, 6.07) is 2.89. The van der Waals surface area contributed by atoms with E-state index in [4.69, 9.17) is 9.47 Å². The molecule has 1 aromatic rings. The predicted octanol–water partition coefficient (Wildman–Crippen LogP) is 0.965. The fourth-order valence-corrected chi connectivity index (χ4v) is 2.77. The van der Waals surface area contributed by atoms with Crippen LogP contribution in [0.3, 0.4) is 0 Å². The summed E-state index contributed by atoms with van der Waals surface area (Å²) in [5.74, 6) is -1.69. The van der Waals surface area contributed by atoms with Crippen molar-refractivity contribution in [2.45, 2.75) is 31.4 Å². The summed E-state index contributed by atoms with van der Waals surface area (Å²) >= 11 is 0. The minimum absolute atomic E-state index is 0.161. The summed E-state index contributed by atoms with van der Waals surface area (Å²) in [5.41, 5.74) is -1.36. The van der Waals surface area contributed by atoms with Crippen LogP contribution >= 0.6 is 0 Å². The minimum atomic E-state index is -1.54. The average Bonchev–Trinajstić information content (AvgIpc) is 2.79. The van der Waals surface area contributed by atoms with E-state index in [2.05, 4.69) is 10.6 Å². The summed E-state index contributed by atoms with van der Waals surface area (Å²) in [6.07, 6.45) is -0.588. The van der Waals surface area contributed by atoms with Crippen LogP contribution in [0.4, 0.5) is 9.18 Å². The third kappa shape index (κ3) is 2.49. The fraction of sp³-hybridized carbons (Fsp3) is 0.400. The summed E-state index contributed by atoms with van der Waals surface area (Å²) in [4.78, 5) is 36.0. The quantitative estimate of drug-likeness (QED) is 0.639. The highest BCUT2D eigenvalue weighted by Gasteiger charge is 2.55. The van der Waals surface area contributed by atoms with Crippen molar-refractivity contribution in [3.05, 3.63) is 29.6 Å². The fourth-order valence-electron chi connectivity index (χ4n) is 2.77. The van der Waals surface area contributed by atoms with Crippen molar-refractivity contribution in [1.29, 1.82) is 0 Å². The largest absolute Gasteiger partial charge is 0.478 e. The number of halogens is 1. The number of nitrogens with one attached hydrogen (secondary N) is 2. The summed E-state index contributed by atoms with van der Waals surface area (Å²) < 4.78 is 24.2. The van der Waals surface area contributed by atoms with E-state index in [0.717, 1.165) is 12.1 Å². The van der Waals surface area contributed by atoms with Crippen molar-refractivity contribution in [3.63, 3.8) is 0 Å². The Bertz CT molecular complexity index is 692. The number of hydrogen-bond acceptors (Lipinski definition) is 5. The first kappa shape index (κ1) is 15.3. The molecule has 0 aromatic heterocycles. The van der Waals surface area contributed by atoms with Crippen LogP contribution in [0.25, 0.3) is 0 Å². The molecule has 2 heterocycles. The van der Waals surface area contributed by atoms with Gasteiger partial charge in [-0.05, 0) is 24.6 Å². The lowest BCUT2D eigenvalue weighted by Gasteiger charge is -2.36. The molecule has 23 heavy (non-hydrogen) atoms. The zero-order valence-corrected chi connectivity index (χ0v) is 12.3. The molecule has 2 aliphatic heterocycles. The van der Waals surface area contributed by atoms with Gasteiger partial charge in [-0.2, -0.15) is 0 Å². The van der Waals surface area contributed by atoms with Gasteiger partial charge >= 0.3 is 12.0 Å². The molecule has 2 aliphatic rings. The molecule has 2 N–H and O–H groups in total. The molecular weight excluding hydrogens is 307 g/mol. The van der Waals surface area contributed by atoms with E-state index in [1.54, 1.807) is 0 Å². The van der Waals surface area contributed by atoms with E-state index in [0.29, 0.717) is 6.42 Å². The molecule has 7 nitrogen and oxygen atoms in total. The highest BCUT2D eigenvalue weighted by Crippen LogP contribution is 2.41. The second kappa shape index (κ2) is 5.53. The van der Waals surface area contributed by atoms with Crippen LogP contribution in [0.15, 0.2) is 18.2 Å². The van der Waals surface area contributed by atoms with Gasteiger partial charge in [0.15, 0.2) is 11.6 Å². The number of imide groups is 1. The molecule has 1 aromatic carbocycles. The first-order chi connectivity index (χ1) is 11.0. The molecule has 0 saturated carbocycles.